The van der Waals surface area contributed by atoms with Crippen LogP contribution >= 0.6 is 0 Å². The molecule has 2 aromatic carbocycles. The van der Waals surface area contributed by atoms with E-state index in [2.05, 4.69) is 0 Å². The van der Waals surface area contributed by atoms with Crippen LogP contribution in [-0.2, 0) is 9.84 Å². The predicted molar refractivity (Wildman–Crippen MR) is 92.3 cm³/mol. The molecule has 118 valence electrons. The summed E-state index contributed by atoms with van der Waals surface area (Å²) in [7, 11) is -3.15. The third-order valence-electron chi connectivity index (χ3n) is 4.07. The van der Waals surface area contributed by atoms with Crippen molar-refractivity contribution in [1.82, 2.24) is 0 Å². The molecule has 0 amide bonds. The number of rotatable bonds is 6. The van der Waals surface area contributed by atoms with Crippen LogP contribution in [0.2, 0.25) is 0 Å². The Bertz CT molecular complexity index is 694. The summed E-state index contributed by atoms with van der Waals surface area (Å²) < 4.78 is 24.3. The molecule has 0 aliphatic carbocycles. The number of sulfone groups is 1. The highest BCUT2D eigenvalue weighted by Gasteiger charge is 2.29. The molecule has 2 atom stereocenters. The standard InChI is InChI=1S/C18H23NO2S/c1-3-17(22(20,21)4-2)18(19)16-12-10-15(11-13-16)14-8-6-5-7-9-14/h5-13,17-18H,3-4,19H2,1-2H3/t17-,18+/m0/s1. The zero-order chi connectivity index (χ0) is 16.2. The van der Waals surface area contributed by atoms with E-state index in [-0.39, 0.29) is 5.75 Å². The maximum absolute atomic E-state index is 12.2. The van der Waals surface area contributed by atoms with Crippen LogP contribution in [0.25, 0.3) is 11.1 Å². The molecule has 22 heavy (non-hydrogen) atoms. The molecule has 2 aromatic rings. The van der Waals surface area contributed by atoms with Gasteiger partial charge in [-0.15, -0.1) is 0 Å². The van der Waals surface area contributed by atoms with Crippen LogP contribution in [0.5, 0.6) is 0 Å². The highest BCUT2D eigenvalue weighted by atomic mass is 32.2. The Morgan fingerprint density at radius 3 is 1.95 bits per heavy atom. The molecule has 0 fully saturated rings. The van der Waals surface area contributed by atoms with Gasteiger partial charge < -0.3 is 5.73 Å². The van der Waals surface area contributed by atoms with E-state index < -0.39 is 21.1 Å². The van der Waals surface area contributed by atoms with Gasteiger partial charge in [0, 0.05) is 11.8 Å². The van der Waals surface area contributed by atoms with Crippen molar-refractivity contribution in [2.45, 2.75) is 31.6 Å². The monoisotopic (exact) mass is 317 g/mol. The molecule has 0 spiro atoms. The van der Waals surface area contributed by atoms with Crippen LogP contribution in [0, 0.1) is 0 Å². The van der Waals surface area contributed by atoms with Crippen molar-refractivity contribution < 1.29 is 8.42 Å². The summed E-state index contributed by atoms with van der Waals surface area (Å²) in [6.07, 6.45) is 0.526. The third-order valence-corrected chi connectivity index (χ3v) is 6.42. The molecular weight excluding hydrogens is 294 g/mol. The molecule has 0 radical (unpaired) electrons. The van der Waals surface area contributed by atoms with Gasteiger partial charge in [0.15, 0.2) is 9.84 Å². The lowest BCUT2D eigenvalue weighted by atomic mass is 9.99. The average Bonchev–Trinajstić information content (AvgIpc) is 2.56. The minimum atomic E-state index is -3.15. The lowest BCUT2D eigenvalue weighted by Gasteiger charge is -2.22. The number of hydrogen-bond acceptors (Lipinski definition) is 3. The molecule has 0 bridgehead atoms. The SMILES string of the molecule is CC[C@@H]([C@H](N)c1ccc(-c2ccccc2)cc1)S(=O)(=O)CC. The van der Waals surface area contributed by atoms with Gasteiger partial charge >= 0.3 is 0 Å². The van der Waals surface area contributed by atoms with E-state index in [1.54, 1.807) is 6.92 Å². The first-order chi connectivity index (χ1) is 10.5. The second kappa shape index (κ2) is 7.07. The van der Waals surface area contributed by atoms with Crippen molar-refractivity contribution in [1.29, 1.82) is 0 Å². The van der Waals surface area contributed by atoms with Gasteiger partial charge in [-0.1, -0.05) is 68.4 Å². The highest BCUT2D eigenvalue weighted by molar-refractivity contribution is 7.92. The largest absolute Gasteiger partial charge is 0.323 e. The fraction of sp³-hybridized carbons (Fsp3) is 0.333. The van der Waals surface area contributed by atoms with Gasteiger partial charge in [-0.3, -0.25) is 0 Å². The van der Waals surface area contributed by atoms with Crippen LogP contribution in [-0.4, -0.2) is 19.4 Å². The second-order valence-electron chi connectivity index (χ2n) is 5.41. The summed E-state index contributed by atoms with van der Waals surface area (Å²) in [5.74, 6) is 0.126. The van der Waals surface area contributed by atoms with Gasteiger partial charge in [-0.2, -0.15) is 0 Å². The first-order valence-electron chi connectivity index (χ1n) is 7.62. The minimum absolute atomic E-state index is 0.126. The maximum Gasteiger partial charge on any atom is 0.154 e. The number of benzene rings is 2. The smallest absolute Gasteiger partial charge is 0.154 e. The summed E-state index contributed by atoms with van der Waals surface area (Å²) in [6.45, 7) is 3.54. The Morgan fingerprint density at radius 1 is 0.909 bits per heavy atom. The molecule has 0 saturated carbocycles. The Kier molecular flexibility index (Phi) is 5.37. The molecule has 0 aliphatic heterocycles. The molecule has 2 N–H and O–H groups in total. The van der Waals surface area contributed by atoms with Gasteiger partial charge in [-0.25, -0.2) is 8.42 Å². The Morgan fingerprint density at radius 2 is 1.45 bits per heavy atom. The van der Waals surface area contributed by atoms with E-state index in [9.17, 15) is 8.42 Å². The summed E-state index contributed by atoms with van der Waals surface area (Å²) in [5, 5.41) is -0.528. The Balaban J connectivity index is 2.26. The van der Waals surface area contributed by atoms with Gasteiger partial charge in [0.1, 0.15) is 0 Å². The van der Waals surface area contributed by atoms with Gasteiger partial charge in [0.25, 0.3) is 0 Å². The maximum atomic E-state index is 12.2. The quantitative estimate of drug-likeness (QED) is 0.886. The lowest BCUT2D eigenvalue weighted by molar-refractivity contribution is 0.549. The average molecular weight is 317 g/mol. The van der Waals surface area contributed by atoms with Crippen molar-refractivity contribution in [2.24, 2.45) is 5.73 Å². The van der Waals surface area contributed by atoms with Crippen molar-refractivity contribution in [3.63, 3.8) is 0 Å². The van der Waals surface area contributed by atoms with Gasteiger partial charge in [0.05, 0.1) is 5.25 Å². The van der Waals surface area contributed by atoms with Crippen LogP contribution in [0.1, 0.15) is 31.9 Å². The predicted octanol–water partition coefficient (Wildman–Crippen LogP) is 3.57. The van der Waals surface area contributed by atoms with E-state index in [0.717, 1.165) is 16.7 Å². The molecule has 0 aliphatic rings. The van der Waals surface area contributed by atoms with Crippen LogP contribution in [0.15, 0.2) is 54.6 Å². The van der Waals surface area contributed by atoms with E-state index in [4.69, 9.17) is 5.73 Å². The Hall–Kier alpha value is -1.65. The summed E-state index contributed by atoms with van der Waals surface area (Å²) >= 11 is 0. The van der Waals surface area contributed by atoms with Crippen LogP contribution in [0.4, 0.5) is 0 Å². The summed E-state index contributed by atoms with van der Waals surface area (Å²) in [4.78, 5) is 0. The molecule has 0 saturated heterocycles. The van der Waals surface area contributed by atoms with Crippen molar-refractivity contribution >= 4 is 9.84 Å². The molecule has 3 nitrogen and oxygen atoms in total. The van der Waals surface area contributed by atoms with Crippen molar-refractivity contribution in [3.8, 4) is 11.1 Å². The molecule has 2 rings (SSSR count). The van der Waals surface area contributed by atoms with E-state index in [1.165, 1.54) is 0 Å². The van der Waals surface area contributed by atoms with Crippen LogP contribution in [0.3, 0.4) is 0 Å². The van der Waals surface area contributed by atoms with Crippen molar-refractivity contribution in [3.05, 3.63) is 60.2 Å². The summed E-state index contributed by atoms with van der Waals surface area (Å²) in [6, 6.07) is 17.4. The highest BCUT2D eigenvalue weighted by Crippen LogP contribution is 2.26. The molecule has 4 heteroatoms. The Labute approximate surface area is 133 Å². The number of nitrogens with two attached hydrogens (primary N) is 1. The van der Waals surface area contributed by atoms with Crippen molar-refractivity contribution in [2.75, 3.05) is 5.75 Å². The molecule has 0 heterocycles. The first kappa shape index (κ1) is 16.7. The fourth-order valence-corrected chi connectivity index (χ4v) is 4.23. The third kappa shape index (κ3) is 3.57. The number of hydrogen-bond donors (Lipinski definition) is 1. The van der Waals surface area contributed by atoms with Gasteiger partial charge in [-0.05, 0) is 23.1 Å². The minimum Gasteiger partial charge on any atom is -0.323 e. The summed E-state index contributed by atoms with van der Waals surface area (Å²) in [5.41, 5.74) is 9.32. The normalized spacial score (nSPS) is 14.5. The molecular formula is C18H23NO2S. The van der Waals surface area contributed by atoms with Gasteiger partial charge in [0.2, 0.25) is 0 Å². The zero-order valence-electron chi connectivity index (χ0n) is 13.1. The topological polar surface area (TPSA) is 60.2 Å². The molecule has 0 unspecified atom stereocenters. The van der Waals surface area contributed by atoms with E-state index in [0.29, 0.717) is 6.42 Å². The van der Waals surface area contributed by atoms with E-state index >= 15 is 0 Å². The second-order valence-corrected chi connectivity index (χ2v) is 7.92. The fourth-order valence-electron chi connectivity index (χ4n) is 2.69. The zero-order valence-corrected chi connectivity index (χ0v) is 13.9. The van der Waals surface area contributed by atoms with Crippen LogP contribution < -0.4 is 5.73 Å². The first-order valence-corrected chi connectivity index (χ1v) is 9.33. The van der Waals surface area contributed by atoms with E-state index in [1.807, 2.05) is 61.5 Å². The molecule has 0 aromatic heterocycles. The lowest BCUT2D eigenvalue weighted by Crippen LogP contribution is -2.34.